The minimum Gasteiger partial charge on any atom is -0.417 e. The van der Waals surface area contributed by atoms with Gasteiger partial charge in [-0.25, -0.2) is 0 Å². The van der Waals surface area contributed by atoms with Crippen molar-refractivity contribution >= 4 is 80.6 Å². The highest BCUT2D eigenvalue weighted by molar-refractivity contribution is 6.00. The number of hydrogen-bond acceptors (Lipinski definition) is 12. The third kappa shape index (κ3) is 17.1. The molecule has 4 fully saturated rings. The normalized spacial score (nSPS) is 23.5. The van der Waals surface area contributed by atoms with Gasteiger partial charge >= 0.3 is 0 Å². The van der Waals surface area contributed by atoms with E-state index >= 15 is 0 Å². The van der Waals surface area contributed by atoms with Crippen LogP contribution in [0.1, 0.15) is 168 Å². The van der Waals surface area contributed by atoms with Crippen molar-refractivity contribution < 1.29 is 57.6 Å². The second-order valence-corrected chi connectivity index (χ2v) is 24.3. The third-order valence-corrected chi connectivity index (χ3v) is 17.9. The van der Waals surface area contributed by atoms with Gasteiger partial charge in [0.1, 0.15) is 74.1 Å². The zero-order valence-corrected chi connectivity index (χ0v) is 52.8. The number of para-hydroxylation sites is 2. The number of carbonyl (C=O) groups is 10. The molecule has 0 aliphatic carbocycles. The number of aromatic nitrogens is 2. The number of piperidine rings is 1. The number of nitrogens with one attached hydrogen (secondary N) is 6. The Kier molecular flexibility index (Phi) is 25.0. The topological polar surface area (TPSA) is 278 Å². The van der Waals surface area contributed by atoms with Crippen LogP contribution >= 0.6 is 0 Å². The average Bonchev–Trinajstić information content (AvgIpc) is 3.59. The van der Waals surface area contributed by atoms with Gasteiger partial charge in [-0.3, -0.25) is 47.9 Å². The van der Waals surface area contributed by atoms with Crippen LogP contribution < -0.4 is 41.6 Å². The van der Waals surface area contributed by atoms with E-state index in [-0.39, 0.29) is 59.9 Å². The van der Waals surface area contributed by atoms with Crippen LogP contribution in [0.15, 0.2) is 60.9 Å². The number of fused-ring (bicyclic) bond motifs is 4. The summed E-state index contributed by atoms with van der Waals surface area (Å²) in [6, 6.07) is 8.38. The minimum absolute atomic E-state index is 0.152. The summed E-state index contributed by atoms with van der Waals surface area (Å²) in [6.07, 6.45) is 14.6. The smallest absolute Gasteiger partial charge is 0.246 e. The summed E-state index contributed by atoms with van der Waals surface area (Å²) < 4.78 is 3.23. The summed E-state index contributed by atoms with van der Waals surface area (Å²) in [5.74, 6) is -3.10. The van der Waals surface area contributed by atoms with Crippen LogP contribution in [0.2, 0.25) is 0 Å². The van der Waals surface area contributed by atoms with E-state index < -0.39 is 72.0 Å². The van der Waals surface area contributed by atoms with Crippen molar-refractivity contribution in [2.45, 2.75) is 218 Å². The minimum atomic E-state index is -1.01. The van der Waals surface area contributed by atoms with Crippen molar-refractivity contribution in [2.75, 3.05) is 27.3 Å². The first-order valence-corrected chi connectivity index (χ1v) is 32.1. The highest BCUT2D eigenvalue weighted by Crippen LogP contribution is 2.27. The average molecular weight is 1220 g/mol. The lowest BCUT2D eigenvalue weighted by Crippen LogP contribution is -2.64. The Hall–Kier alpha value is -7.78. The third-order valence-electron chi connectivity index (χ3n) is 17.9. The molecule has 0 radical (unpaired) electrons. The van der Waals surface area contributed by atoms with Crippen molar-refractivity contribution in [3.05, 3.63) is 72.1 Å². The standard InChI is InChI=1S/2C33H47N5O6/c1-5-23(39)13-7-6-8-15-25-30(40)35-26(19-22-20-38(44-4)27-16-10-9-14-24(22)27)31(41)36-29(21(2)3)33(43)37-18-12-11-17-28(37)32(42)34-25;1-5-21(3)29-33(43)37-18-12-17-28(37)32(42)34-25(15-9-7-8-13-23(39)6-2)30(40)35-26(31(41)36-29)19-22-20-38(44-4)27-16-11-10-14-24(22)27/h9-10,14,16,20-21,25-26,28-29H,5-8,11-13,15,17-19H2,1-4H3,(H,34,42)(H,35,40)(H,36,41);10-11,14,16,20-21,25-26,28-29H,5-9,12-13,15,17-19H2,1-4H3,(H,34,42)(H,35,40)(H,36,41)/t25-,26-,28+,29-;21?,25-,26-,28+,29-/m00/s1. The summed E-state index contributed by atoms with van der Waals surface area (Å²) in [5.41, 5.74) is 3.23. The molecule has 4 aliphatic heterocycles. The maximum Gasteiger partial charge on any atom is 0.246 e. The molecule has 88 heavy (non-hydrogen) atoms. The fourth-order valence-electron chi connectivity index (χ4n) is 12.4. The number of carbonyl (C=O) groups excluding carboxylic acids is 10. The molecule has 8 amide bonds. The fraction of sp³-hybridized carbons (Fsp3) is 0.606. The van der Waals surface area contributed by atoms with E-state index in [0.717, 1.165) is 58.6 Å². The van der Waals surface area contributed by atoms with Gasteiger partial charge in [0.05, 0.1) is 11.0 Å². The SMILES string of the molecule is CCC(=O)CCCCC[C@@H]1NC(=O)[C@H]2CCCCN2C(=O)[C@H](C(C)C)NC(=O)[C@H](Cc2cn(OC)c3ccccc23)NC1=O.CCC(=O)CCCCC[C@@H]1NC(=O)[C@H]2CCCN2C(=O)[C@H](C(C)CC)NC(=O)[C@H](Cc2cn(OC)c3ccccc23)NC1=O. The molecular formula is C66H94N10O12. The molecule has 4 aromatic rings. The number of hydrogen-bond donors (Lipinski definition) is 6. The van der Waals surface area contributed by atoms with E-state index in [9.17, 15) is 47.9 Å². The van der Waals surface area contributed by atoms with Gasteiger partial charge in [0, 0.05) is 74.8 Å². The van der Waals surface area contributed by atoms with Crippen molar-refractivity contribution in [3.63, 3.8) is 0 Å². The van der Waals surface area contributed by atoms with Crippen LogP contribution in [0.3, 0.4) is 0 Å². The predicted molar refractivity (Wildman–Crippen MR) is 333 cm³/mol. The zero-order chi connectivity index (χ0) is 63.6. The van der Waals surface area contributed by atoms with Gasteiger partial charge < -0.3 is 51.4 Å². The van der Waals surface area contributed by atoms with E-state index in [0.29, 0.717) is 103 Å². The lowest BCUT2D eigenvalue weighted by atomic mass is 9.95. The highest BCUT2D eigenvalue weighted by atomic mass is 16.6. The lowest BCUT2D eigenvalue weighted by Gasteiger charge is -2.39. The van der Waals surface area contributed by atoms with E-state index in [1.807, 2.05) is 90.1 Å². The Balaban J connectivity index is 0.000000251. The zero-order valence-electron chi connectivity index (χ0n) is 52.8. The molecule has 22 heteroatoms. The molecule has 4 aliphatic rings. The molecule has 6 heterocycles. The lowest BCUT2D eigenvalue weighted by molar-refractivity contribution is -0.147. The van der Waals surface area contributed by atoms with Crippen molar-refractivity contribution in [1.82, 2.24) is 51.2 Å². The van der Waals surface area contributed by atoms with Gasteiger partial charge in [0.2, 0.25) is 47.3 Å². The van der Waals surface area contributed by atoms with Crippen LogP contribution in [-0.2, 0) is 60.8 Å². The molecule has 4 saturated heterocycles. The van der Waals surface area contributed by atoms with Gasteiger partial charge in [0.25, 0.3) is 0 Å². The molecular weight excluding hydrogens is 1120 g/mol. The quantitative estimate of drug-likeness (QED) is 0.0513. The first kappa shape index (κ1) is 67.7. The van der Waals surface area contributed by atoms with Gasteiger partial charge in [0.15, 0.2) is 0 Å². The van der Waals surface area contributed by atoms with Crippen LogP contribution in [0.25, 0.3) is 21.8 Å². The number of nitrogens with zero attached hydrogens (tertiary/aromatic N) is 4. The number of amides is 8. The Morgan fingerprint density at radius 1 is 0.500 bits per heavy atom. The maximum atomic E-state index is 14.0. The molecule has 22 nitrogen and oxygen atoms in total. The number of benzene rings is 2. The van der Waals surface area contributed by atoms with Gasteiger partial charge in [-0.1, -0.05) is 110 Å². The van der Waals surface area contributed by atoms with Crippen molar-refractivity contribution in [2.24, 2.45) is 11.8 Å². The van der Waals surface area contributed by atoms with Crippen molar-refractivity contribution in [3.8, 4) is 0 Å². The molecule has 1 unspecified atom stereocenters. The van der Waals surface area contributed by atoms with E-state index in [4.69, 9.17) is 9.68 Å². The van der Waals surface area contributed by atoms with Crippen LogP contribution in [0.5, 0.6) is 0 Å². The summed E-state index contributed by atoms with van der Waals surface area (Å²) in [4.78, 5) is 148. The first-order valence-electron chi connectivity index (χ1n) is 32.1. The Bertz CT molecular complexity index is 3110. The Labute approximate surface area is 516 Å². The number of Topliss-reactive ketones (excluding diaryl/α,β-unsaturated/α-hetero) is 2. The molecule has 9 atom stereocenters. The van der Waals surface area contributed by atoms with E-state index in [1.54, 1.807) is 45.9 Å². The maximum absolute atomic E-state index is 14.0. The van der Waals surface area contributed by atoms with E-state index in [1.165, 1.54) is 0 Å². The van der Waals surface area contributed by atoms with Crippen LogP contribution in [-0.4, -0.2) is 154 Å². The predicted octanol–water partition coefficient (Wildman–Crippen LogP) is 5.35. The first-order chi connectivity index (χ1) is 42.3. The summed E-state index contributed by atoms with van der Waals surface area (Å²) in [6.45, 7) is 12.1. The number of unbranched alkanes of at least 4 members (excludes halogenated alkanes) is 4. The molecule has 6 N–H and O–H groups in total. The van der Waals surface area contributed by atoms with Crippen LogP contribution in [0.4, 0.5) is 0 Å². The highest BCUT2D eigenvalue weighted by Gasteiger charge is 2.43. The van der Waals surface area contributed by atoms with Gasteiger partial charge in [-0.2, -0.15) is 9.46 Å². The fourth-order valence-corrected chi connectivity index (χ4v) is 12.4. The monoisotopic (exact) mass is 1220 g/mol. The molecule has 0 saturated carbocycles. The number of ketones is 2. The molecule has 0 spiro atoms. The van der Waals surface area contributed by atoms with Crippen molar-refractivity contribution in [1.29, 1.82) is 0 Å². The van der Waals surface area contributed by atoms with Crippen LogP contribution in [0, 0.1) is 11.8 Å². The molecule has 0 bridgehead atoms. The Morgan fingerprint density at radius 2 is 0.909 bits per heavy atom. The molecule has 2 aromatic heterocycles. The van der Waals surface area contributed by atoms with Gasteiger partial charge in [-0.05, 0) is 92.9 Å². The molecule has 8 rings (SSSR count). The summed E-state index contributed by atoms with van der Waals surface area (Å²) in [5, 5.41) is 19.3. The summed E-state index contributed by atoms with van der Waals surface area (Å²) in [7, 11) is 3.11. The van der Waals surface area contributed by atoms with Gasteiger partial charge in [-0.15, -0.1) is 0 Å². The largest absolute Gasteiger partial charge is 0.417 e. The molecule has 480 valence electrons. The van der Waals surface area contributed by atoms with E-state index in [2.05, 4.69) is 31.9 Å². The Morgan fingerprint density at radius 3 is 1.35 bits per heavy atom. The second kappa shape index (κ2) is 32.4. The number of rotatable bonds is 23. The summed E-state index contributed by atoms with van der Waals surface area (Å²) >= 11 is 0. The second-order valence-electron chi connectivity index (χ2n) is 24.3. The molecule has 2 aromatic carbocycles.